The maximum absolute atomic E-state index is 13.4. The number of esters is 1. The van der Waals surface area contributed by atoms with Gasteiger partial charge in [-0.05, 0) is 98.0 Å². The number of hydrogen-bond acceptors (Lipinski definition) is 4. The van der Waals surface area contributed by atoms with Crippen LogP contribution in [0.5, 0.6) is 0 Å². The SMILES string of the molecule is C[C@H](CCC(=O)O)[C@@H]1CC[C@@H]2[C@H]3CC[C@@H]4CC(=O)CC[C@]4(C)[C@H]3C[C@H](OC(=O)c3ccccc3)[C@@]21C. The molecule has 4 fully saturated rings. The topological polar surface area (TPSA) is 80.7 Å². The maximum Gasteiger partial charge on any atom is 0.338 e. The Hall–Kier alpha value is -2.17. The highest BCUT2D eigenvalue weighted by Gasteiger charge is 2.65. The van der Waals surface area contributed by atoms with Crippen LogP contribution in [0.2, 0.25) is 0 Å². The third-order valence-electron chi connectivity index (χ3n) is 11.4. The molecule has 9 atom stereocenters. The van der Waals surface area contributed by atoms with Gasteiger partial charge in [0.05, 0.1) is 5.56 Å². The maximum atomic E-state index is 13.4. The van der Waals surface area contributed by atoms with E-state index >= 15 is 0 Å². The number of ketones is 1. The summed E-state index contributed by atoms with van der Waals surface area (Å²) in [5.74, 6) is 2.00. The van der Waals surface area contributed by atoms with Crippen molar-refractivity contribution in [1.82, 2.24) is 0 Å². The Kier molecular flexibility index (Phi) is 6.80. The molecule has 0 aliphatic heterocycles. The molecule has 0 heterocycles. The number of hydrogen-bond donors (Lipinski definition) is 1. The first-order valence-electron chi connectivity index (χ1n) is 14.1. The Morgan fingerprint density at radius 3 is 2.56 bits per heavy atom. The summed E-state index contributed by atoms with van der Waals surface area (Å²) in [7, 11) is 0. The molecule has 4 aliphatic carbocycles. The average Bonchev–Trinajstić information content (AvgIpc) is 3.22. The third kappa shape index (κ3) is 4.20. The third-order valence-corrected chi connectivity index (χ3v) is 11.4. The van der Waals surface area contributed by atoms with Crippen molar-refractivity contribution in [3.8, 4) is 0 Å². The van der Waals surface area contributed by atoms with E-state index in [0.717, 1.165) is 38.5 Å². The zero-order valence-electron chi connectivity index (χ0n) is 22.1. The number of carbonyl (C=O) groups is 3. The molecule has 1 aromatic rings. The van der Waals surface area contributed by atoms with E-state index in [9.17, 15) is 19.5 Å². The lowest BCUT2D eigenvalue weighted by molar-refractivity contribution is -0.172. The van der Waals surface area contributed by atoms with Crippen LogP contribution in [0.4, 0.5) is 0 Å². The molecule has 0 unspecified atom stereocenters. The van der Waals surface area contributed by atoms with E-state index in [1.807, 2.05) is 30.3 Å². The van der Waals surface area contributed by atoms with Crippen LogP contribution in [-0.2, 0) is 14.3 Å². The number of fused-ring (bicyclic) bond motifs is 5. The van der Waals surface area contributed by atoms with E-state index in [2.05, 4.69) is 20.8 Å². The van der Waals surface area contributed by atoms with Crippen molar-refractivity contribution in [3.05, 3.63) is 35.9 Å². The monoisotopic (exact) mass is 494 g/mol. The molecular weight excluding hydrogens is 452 g/mol. The number of aliphatic carboxylic acids is 1. The molecule has 0 radical (unpaired) electrons. The van der Waals surface area contributed by atoms with Crippen LogP contribution in [0.15, 0.2) is 30.3 Å². The van der Waals surface area contributed by atoms with Crippen LogP contribution in [0.25, 0.3) is 0 Å². The summed E-state index contributed by atoms with van der Waals surface area (Å²) < 4.78 is 6.47. The Labute approximate surface area is 215 Å². The Balaban J connectivity index is 1.48. The molecule has 4 saturated carbocycles. The molecule has 0 spiro atoms. The normalized spacial score (nSPS) is 40.5. The fourth-order valence-corrected chi connectivity index (χ4v) is 9.44. The zero-order chi connectivity index (χ0) is 25.7. The quantitative estimate of drug-likeness (QED) is 0.454. The standard InChI is InChI=1S/C31H42O5/c1-19(9-14-28(33)34)24-12-13-25-23-11-10-21-17-22(32)15-16-30(21,2)26(23)18-27(31(24,25)3)36-29(35)20-7-5-4-6-8-20/h4-8,19,21,23-27H,9-18H2,1-3H3,(H,33,34)/t19-,21-,23-,24+,25-,26+,27+,30+,31-/m1/s1. The molecule has 1 N–H and O–H groups in total. The van der Waals surface area contributed by atoms with Gasteiger partial charge in [0.1, 0.15) is 11.9 Å². The first-order chi connectivity index (χ1) is 17.1. The van der Waals surface area contributed by atoms with E-state index in [4.69, 9.17) is 4.74 Å². The van der Waals surface area contributed by atoms with E-state index in [-0.39, 0.29) is 35.2 Å². The lowest BCUT2D eigenvalue weighted by Gasteiger charge is -2.62. The van der Waals surface area contributed by atoms with Gasteiger partial charge < -0.3 is 9.84 Å². The second-order valence-corrected chi connectivity index (χ2v) is 12.9. The van der Waals surface area contributed by atoms with Gasteiger partial charge in [-0.25, -0.2) is 4.79 Å². The Morgan fingerprint density at radius 1 is 1.08 bits per heavy atom. The number of benzene rings is 1. The highest BCUT2D eigenvalue weighted by atomic mass is 16.5. The van der Waals surface area contributed by atoms with Gasteiger partial charge >= 0.3 is 11.9 Å². The van der Waals surface area contributed by atoms with Gasteiger partial charge in [0.15, 0.2) is 0 Å². The van der Waals surface area contributed by atoms with Gasteiger partial charge in [0, 0.05) is 24.7 Å². The predicted octanol–water partition coefficient (Wildman–Crippen LogP) is 6.55. The highest BCUT2D eigenvalue weighted by Crippen LogP contribution is 2.68. The van der Waals surface area contributed by atoms with Crippen LogP contribution in [0.3, 0.4) is 0 Å². The van der Waals surface area contributed by atoms with Gasteiger partial charge in [-0.2, -0.15) is 0 Å². The van der Waals surface area contributed by atoms with Gasteiger partial charge in [0.2, 0.25) is 0 Å². The minimum Gasteiger partial charge on any atom is -0.481 e. The largest absolute Gasteiger partial charge is 0.481 e. The summed E-state index contributed by atoms with van der Waals surface area (Å²) in [4.78, 5) is 37.0. The molecule has 5 rings (SSSR count). The van der Waals surface area contributed by atoms with Crippen molar-refractivity contribution in [2.24, 2.45) is 46.3 Å². The lowest BCUT2D eigenvalue weighted by atomic mass is 9.43. The van der Waals surface area contributed by atoms with Crippen LogP contribution < -0.4 is 0 Å². The molecule has 0 bridgehead atoms. The summed E-state index contributed by atoms with van der Waals surface area (Å²) in [6, 6.07) is 9.29. The van der Waals surface area contributed by atoms with Crippen molar-refractivity contribution < 1.29 is 24.2 Å². The second kappa shape index (κ2) is 9.61. The number of carboxylic acid groups (broad SMARTS) is 1. The fraction of sp³-hybridized carbons (Fsp3) is 0.710. The van der Waals surface area contributed by atoms with Crippen molar-refractivity contribution in [2.45, 2.75) is 91.1 Å². The van der Waals surface area contributed by atoms with Crippen molar-refractivity contribution in [3.63, 3.8) is 0 Å². The summed E-state index contributed by atoms with van der Waals surface area (Å²) in [5.41, 5.74) is 0.559. The van der Waals surface area contributed by atoms with Crippen LogP contribution in [0.1, 0.15) is 95.3 Å². The first-order valence-corrected chi connectivity index (χ1v) is 14.1. The summed E-state index contributed by atoms with van der Waals surface area (Å²) in [6.45, 7) is 6.97. The molecule has 0 aromatic heterocycles. The minimum absolute atomic E-state index is 0.128. The molecule has 1 aromatic carbocycles. The summed E-state index contributed by atoms with van der Waals surface area (Å²) in [6.07, 6.45) is 8.36. The molecule has 4 aliphatic rings. The van der Waals surface area contributed by atoms with Gasteiger partial charge in [-0.1, -0.05) is 39.0 Å². The molecule has 36 heavy (non-hydrogen) atoms. The van der Waals surface area contributed by atoms with E-state index in [0.29, 0.717) is 60.2 Å². The zero-order valence-corrected chi connectivity index (χ0v) is 22.1. The molecular formula is C31H42O5. The molecule has 5 nitrogen and oxygen atoms in total. The van der Waals surface area contributed by atoms with E-state index in [1.165, 1.54) is 0 Å². The van der Waals surface area contributed by atoms with Gasteiger partial charge in [0.25, 0.3) is 0 Å². The van der Waals surface area contributed by atoms with E-state index < -0.39 is 5.97 Å². The van der Waals surface area contributed by atoms with Crippen molar-refractivity contribution in [1.29, 1.82) is 0 Å². The van der Waals surface area contributed by atoms with Crippen molar-refractivity contribution >= 4 is 17.7 Å². The molecule has 196 valence electrons. The smallest absolute Gasteiger partial charge is 0.338 e. The second-order valence-electron chi connectivity index (χ2n) is 12.9. The Bertz CT molecular complexity index is 1000. The number of carboxylic acids is 1. The fourth-order valence-electron chi connectivity index (χ4n) is 9.44. The Morgan fingerprint density at radius 2 is 1.83 bits per heavy atom. The predicted molar refractivity (Wildman–Crippen MR) is 137 cm³/mol. The van der Waals surface area contributed by atoms with Gasteiger partial charge in [-0.15, -0.1) is 0 Å². The summed E-state index contributed by atoms with van der Waals surface area (Å²) in [5, 5.41) is 9.32. The van der Waals surface area contributed by atoms with Crippen LogP contribution >= 0.6 is 0 Å². The number of carbonyl (C=O) groups excluding carboxylic acids is 2. The molecule has 0 amide bonds. The summed E-state index contributed by atoms with van der Waals surface area (Å²) >= 11 is 0. The number of Topliss-reactive ketones (excluding diaryl/α,β-unsaturated/α-hetero) is 1. The first kappa shape index (κ1) is 25.5. The van der Waals surface area contributed by atoms with Crippen LogP contribution in [-0.4, -0.2) is 28.9 Å². The van der Waals surface area contributed by atoms with Crippen molar-refractivity contribution in [2.75, 3.05) is 0 Å². The van der Waals surface area contributed by atoms with Crippen LogP contribution in [0, 0.1) is 46.3 Å². The van der Waals surface area contributed by atoms with E-state index in [1.54, 1.807) is 0 Å². The number of rotatable bonds is 6. The minimum atomic E-state index is -0.740. The molecule has 0 saturated heterocycles. The average molecular weight is 495 g/mol. The van der Waals surface area contributed by atoms with Gasteiger partial charge in [-0.3, -0.25) is 9.59 Å². The lowest BCUT2D eigenvalue weighted by Crippen LogP contribution is -2.59. The molecule has 5 heteroatoms. The highest BCUT2D eigenvalue weighted by molar-refractivity contribution is 5.89. The number of ether oxygens (including phenoxy) is 1.